The fourth-order valence-corrected chi connectivity index (χ4v) is 3.13. The van der Waals surface area contributed by atoms with Crippen molar-refractivity contribution in [2.24, 2.45) is 0 Å². The summed E-state index contributed by atoms with van der Waals surface area (Å²) in [7, 11) is 0. The quantitative estimate of drug-likeness (QED) is 0.347. The number of hydrogen-bond acceptors (Lipinski definition) is 3. The van der Waals surface area contributed by atoms with Crippen molar-refractivity contribution in [2.75, 3.05) is 0 Å². The van der Waals surface area contributed by atoms with Crippen LogP contribution in [-0.4, -0.2) is 15.0 Å². The molecular formula is C27H31N3. The van der Waals surface area contributed by atoms with Crippen LogP contribution in [0.1, 0.15) is 46.6 Å². The summed E-state index contributed by atoms with van der Waals surface area (Å²) in [5, 5.41) is 0. The van der Waals surface area contributed by atoms with Gasteiger partial charge >= 0.3 is 0 Å². The number of rotatable bonds is 5. The molecule has 4 aromatic rings. The molecule has 0 aliphatic carbocycles. The van der Waals surface area contributed by atoms with Gasteiger partial charge in [0, 0.05) is 16.7 Å². The number of benzene rings is 3. The molecule has 0 fully saturated rings. The van der Waals surface area contributed by atoms with Gasteiger partial charge in [0.05, 0.1) is 0 Å². The van der Waals surface area contributed by atoms with Gasteiger partial charge in [-0.05, 0) is 17.9 Å². The molecule has 1 heterocycles. The lowest BCUT2D eigenvalue weighted by atomic mass is 9.97. The van der Waals surface area contributed by atoms with E-state index in [4.69, 9.17) is 15.0 Å². The maximum Gasteiger partial charge on any atom is 0.164 e. The Kier molecular flexibility index (Phi) is 7.99. The molecule has 0 spiro atoms. The normalized spacial score (nSPS) is 11.1. The molecule has 30 heavy (non-hydrogen) atoms. The summed E-state index contributed by atoms with van der Waals surface area (Å²) in [4.78, 5) is 14.3. The molecule has 3 nitrogen and oxygen atoms in total. The predicted octanol–water partition coefficient (Wildman–Crippen LogP) is 7.66. The summed E-state index contributed by atoms with van der Waals surface area (Å²) >= 11 is 0. The summed E-state index contributed by atoms with van der Waals surface area (Å²) in [5.41, 5.74) is 4.31. The Balaban J connectivity index is 0.00000160. The van der Waals surface area contributed by atoms with Gasteiger partial charge in [0.1, 0.15) is 0 Å². The van der Waals surface area contributed by atoms with Gasteiger partial charge in [0.2, 0.25) is 0 Å². The zero-order chi connectivity index (χ0) is 19.3. The zero-order valence-electron chi connectivity index (χ0n) is 16.2. The van der Waals surface area contributed by atoms with E-state index in [1.165, 1.54) is 5.56 Å². The van der Waals surface area contributed by atoms with Crippen molar-refractivity contribution in [1.29, 1.82) is 0 Å². The Morgan fingerprint density at radius 2 is 0.933 bits per heavy atom. The van der Waals surface area contributed by atoms with Crippen molar-refractivity contribution in [3.63, 3.8) is 0 Å². The summed E-state index contributed by atoms with van der Waals surface area (Å²) in [5.74, 6) is 2.63. The first-order valence-corrected chi connectivity index (χ1v) is 9.72. The van der Waals surface area contributed by atoms with Crippen LogP contribution in [0.25, 0.3) is 34.2 Å². The van der Waals surface area contributed by atoms with Crippen LogP contribution in [0.2, 0.25) is 0 Å². The van der Waals surface area contributed by atoms with E-state index < -0.39 is 0 Å². The summed E-state index contributed by atoms with van der Waals surface area (Å²) in [6, 6.07) is 28.7. The highest BCUT2D eigenvalue weighted by atomic mass is 15.0. The van der Waals surface area contributed by atoms with Crippen molar-refractivity contribution in [2.45, 2.75) is 41.0 Å². The van der Waals surface area contributed by atoms with Crippen molar-refractivity contribution in [3.05, 3.63) is 90.5 Å². The van der Waals surface area contributed by atoms with Crippen molar-refractivity contribution in [1.82, 2.24) is 15.0 Å². The molecule has 1 unspecified atom stereocenters. The Morgan fingerprint density at radius 3 is 1.30 bits per heavy atom. The Morgan fingerprint density at radius 1 is 0.567 bits per heavy atom. The molecule has 1 aromatic heterocycles. The van der Waals surface area contributed by atoms with Crippen LogP contribution in [0.3, 0.4) is 0 Å². The lowest BCUT2D eigenvalue weighted by Gasteiger charge is -2.11. The summed E-state index contributed by atoms with van der Waals surface area (Å²) in [6.07, 6.45) is 1.13. The average molecular weight is 398 g/mol. The van der Waals surface area contributed by atoms with Crippen molar-refractivity contribution >= 4 is 0 Å². The highest BCUT2D eigenvalue weighted by Gasteiger charge is 2.12. The third-order valence-corrected chi connectivity index (χ3v) is 5.05. The van der Waals surface area contributed by atoms with Gasteiger partial charge in [-0.3, -0.25) is 0 Å². The number of aromatic nitrogens is 3. The highest BCUT2D eigenvalue weighted by molar-refractivity contribution is 5.66. The van der Waals surface area contributed by atoms with Gasteiger partial charge in [0.15, 0.2) is 17.5 Å². The largest absolute Gasteiger partial charge is 0.208 e. The molecule has 1 atom stereocenters. The fourth-order valence-electron chi connectivity index (χ4n) is 3.13. The molecule has 0 aliphatic rings. The van der Waals surface area contributed by atoms with Crippen LogP contribution in [0.5, 0.6) is 0 Å². The van der Waals surface area contributed by atoms with Gasteiger partial charge in [-0.25, -0.2) is 15.0 Å². The molecule has 4 rings (SSSR count). The lowest BCUT2D eigenvalue weighted by Crippen LogP contribution is -2.00. The number of hydrogen-bond donors (Lipinski definition) is 0. The Labute approximate surface area is 180 Å². The minimum Gasteiger partial charge on any atom is -0.208 e. The van der Waals surface area contributed by atoms with Gasteiger partial charge in [-0.2, -0.15) is 0 Å². The molecule has 0 bridgehead atoms. The standard InChI is InChI=1S/C25H23N3.2CH4/c1-3-18(2)19-14-16-22(17-15-19)25-27-23(20-10-6-4-7-11-20)26-24(28-25)21-12-8-5-9-13-21;;/h4-18H,3H2,1-2H3;2*1H4. The smallest absolute Gasteiger partial charge is 0.164 e. The van der Waals surface area contributed by atoms with E-state index in [1.807, 2.05) is 60.7 Å². The summed E-state index contributed by atoms with van der Waals surface area (Å²) in [6.45, 7) is 4.46. The molecular weight excluding hydrogens is 366 g/mol. The third kappa shape index (κ3) is 4.98. The summed E-state index contributed by atoms with van der Waals surface area (Å²) < 4.78 is 0. The topological polar surface area (TPSA) is 38.7 Å². The molecule has 0 N–H and O–H groups in total. The molecule has 0 radical (unpaired) electrons. The van der Waals surface area contributed by atoms with E-state index in [0.29, 0.717) is 23.4 Å². The van der Waals surface area contributed by atoms with Gasteiger partial charge in [-0.1, -0.05) is 114 Å². The van der Waals surface area contributed by atoms with Gasteiger partial charge in [0.25, 0.3) is 0 Å². The van der Waals surface area contributed by atoms with E-state index in [0.717, 1.165) is 23.1 Å². The maximum absolute atomic E-state index is 4.77. The van der Waals surface area contributed by atoms with Crippen LogP contribution in [0, 0.1) is 0 Å². The van der Waals surface area contributed by atoms with Crippen LogP contribution >= 0.6 is 0 Å². The van der Waals surface area contributed by atoms with Gasteiger partial charge < -0.3 is 0 Å². The van der Waals surface area contributed by atoms with E-state index >= 15 is 0 Å². The second-order valence-electron chi connectivity index (χ2n) is 6.97. The molecule has 0 aliphatic heterocycles. The minimum atomic E-state index is 0. The highest BCUT2D eigenvalue weighted by Crippen LogP contribution is 2.26. The Bertz CT molecular complexity index is 985. The average Bonchev–Trinajstić information content (AvgIpc) is 2.79. The molecule has 0 saturated heterocycles. The first kappa shape index (κ1) is 23.0. The van der Waals surface area contributed by atoms with E-state index in [-0.39, 0.29) is 14.9 Å². The van der Waals surface area contributed by atoms with E-state index in [2.05, 4.69) is 38.1 Å². The predicted molar refractivity (Wildman–Crippen MR) is 128 cm³/mol. The second kappa shape index (κ2) is 10.4. The zero-order valence-corrected chi connectivity index (χ0v) is 16.2. The SMILES string of the molecule is C.C.CCC(C)c1ccc(-c2nc(-c3ccccc3)nc(-c3ccccc3)n2)cc1. The van der Waals surface area contributed by atoms with Crippen LogP contribution in [-0.2, 0) is 0 Å². The molecule has 0 amide bonds. The first-order chi connectivity index (χ1) is 13.7. The van der Waals surface area contributed by atoms with Crippen molar-refractivity contribution in [3.8, 4) is 34.2 Å². The Hall–Kier alpha value is -3.33. The number of nitrogens with zero attached hydrogens (tertiary/aromatic N) is 3. The first-order valence-electron chi connectivity index (χ1n) is 9.72. The monoisotopic (exact) mass is 397 g/mol. The minimum absolute atomic E-state index is 0. The fraction of sp³-hybridized carbons (Fsp3) is 0.222. The lowest BCUT2D eigenvalue weighted by molar-refractivity contribution is 0.734. The third-order valence-electron chi connectivity index (χ3n) is 5.05. The van der Waals surface area contributed by atoms with Crippen LogP contribution < -0.4 is 0 Å². The molecule has 0 saturated carbocycles. The maximum atomic E-state index is 4.77. The van der Waals surface area contributed by atoms with Crippen molar-refractivity contribution < 1.29 is 0 Å². The van der Waals surface area contributed by atoms with E-state index in [9.17, 15) is 0 Å². The van der Waals surface area contributed by atoms with Gasteiger partial charge in [-0.15, -0.1) is 0 Å². The van der Waals surface area contributed by atoms with Crippen LogP contribution in [0.4, 0.5) is 0 Å². The molecule has 3 heteroatoms. The second-order valence-corrected chi connectivity index (χ2v) is 6.97. The van der Waals surface area contributed by atoms with Crippen LogP contribution in [0.15, 0.2) is 84.9 Å². The molecule has 154 valence electrons. The van der Waals surface area contributed by atoms with E-state index in [1.54, 1.807) is 0 Å². The molecule has 3 aromatic carbocycles.